The first-order valence-corrected chi connectivity index (χ1v) is 9.59. The van der Waals surface area contributed by atoms with E-state index < -0.39 is 11.7 Å². The molecule has 0 aliphatic carbocycles. The summed E-state index contributed by atoms with van der Waals surface area (Å²) in [5, 5.41) is 2.47. The molecule has 1 amide bonds. The first kappa shape index (κ1) is 20.5. The van der Waals surface area contributed by atoms with Crippen molar-refractivity contribution in [3.05, 3.63) is 78.6 Å². The van der Waals surface area contributed by atoms with Crippen molar-refractivity contribution in [2.75, 3.05) is 5.32 Å². The summed E-state index contributed by atoms with van der Waals surface area (Å²) in [5.74, 6) is -1.17. The van der Waals surface area contributed by atoms with Crippen LogP contribution in [0.4, 0.5) is 14.5 Å². The molecule has 0 fully saturated rings. The Kier molecular flexibility index (Phi) is 5.14. The van der Waals surface area contributed by atoms with Gasteiger partial charge in [-0.3, -0.25) is 9.78 Å². The van der Waals surface area contributed by atoms with Crippen LogP contribution in [0.5, 0.6) is 0 Å². The van der Waals surface area contributed by atoms with Gasteiger partial charge in [0.25, 0.3) is 5.91 Å². The maximum Gasteiger partial charge on any atom is 0.291 e. The molecule has 4 aromatic rings. The molecule has 0 unspecified atom stereocenters. The smallest absolute Gasteiger partial charge is 0.291 e. The minimum atomic E-state index is -0.646. The van der Waals surface area contributed by atoms with E-state index in [-0.39, 0.29) is 22.8 Å². The Morgan fingerprint density at radius 1 is 1.06 bits per heavy atom. The minimum absolute atomic E-state index is 0.00434. The molecule has 1 aromatic carbocycles. The number of carbonyl (C=O) groups excluding carboxylic acids is 1. The quantitative estimate of drug-likeness (QED) is 0.472. The van der Waals surface area contributed by atoms with Gasteiger partial charge in [-0.2, -0.15) is 0 Å². The van der Waals surface area contributed by atoms with Gasteiger partial charge in [0.05, 0.1) is 23.9 Å². The van der Waals surface area contributed by atoms with Crippen molar-refractivity contribution in [3.63, 3.8) is 0 Å². The van der Waals surface area contributed by atoms with E-state index >= 15 is 0 Å². The van der Waals surface area contributed by atoms with Crippen LogP contribution < -0.4 is 5.32 Å². The zero-order valence-electron chi connectivity index (χ0n) is 17.2. The number of aromatic nitrogens is 3. The number of imidazole rings is 1. The van der Waals surface area contributed by atoms with E-state index in [1.807, 2.05) is 25.3 Å². The van der Waals surface area contributed by atoms with Gasteiger partial charge in [-0.1, -0.05) is 0 Å². The number of hydrogen-bond donors (Lipinski definition) is 1. The summed E-state index contributed by atoms with van der Waals surface area (Å²) in [7, 11) is 0. The third-order valence-corrected chi connectivity index (χ3v) is 4.69. The van der Waals surface area contributed by atoms with Crippen LogP contribution in [0.25, 0.3) is 22.7 Å². The highest BCUT2D eigenvalue weighted by Gasteiger charge is 2.25. The molecule has 6 nitrogen and oxygen atoms in total. The SMILES string of the molecule is CC(C)(C)n1cnc(-c2ccc(F)cc2)c1-c1ccc(C(=O)Nc2ccncc2F)o1. The predicted octanol–water partition coefficient (Wildman–Crippen LogP) is 5.49. The number of amides is 1. The molecule has 0 bridgehead atoms. The monoisotopic (exact) mass is 422 g/mol. The predicted molar refractivity (Wildman–Crippen MR) is 112 cm³/mol. The highest BCUT2D eigenvalue weighted by atomic mass is 19.1. The fourth-order valence-electron chi connectivity index (χ4n) is 3.16. The molecule has 1 N–H and O–H groups in total. The number of nitrogens with zero attached hydrogens (tertiary/aromatic N) is 3. The van der Waals surface area contributed by atoms with Gasteiger partial charge in [-0.15, -0.1) is 0 Å². The Bertz CT molecular complexity index is 1240. The molecule has 0 saturated heterocycles. The lowest BCUT2D eigenvalue weighted by molar-refractivity contribution is 0.0997. The molecule has 0 aliphatic heterocycles. The van der Waals surface area contributed by atoms with E-state index in [0.29, 0.717) is 22.7 Å². The van der Waals surface area contributed by atoms with E-state index in [1.54, 1.807) is 24.5 Å². The Morgan fingerprint density at radius 2 is 1.81 bits per heavy atom. The summed E-state index contributed by atoms with van der Waals surface area (Å²) in [6.07, 6.45) is 4.08. The number of pyridine rings is 1. The maximum absolute atomic E-state index is 13.8. The van der Waals surface area contributed by atoms with Gasteiger partial charge in [-0.25, -0.2) is 13.8 Å². The Hall–Kier alpha value is -3.81. The van der Waals surface area contributed by atoms with Gasteiger partial charge in [-0.05, 0) is 63.2 Å². The Labute approximate surface area is 177 Å². The molecular weight excluding hydrogens is 402 g/mol. The van der Waals surface area contributed by atoms with Crippen molar-refractivity contribution in [2.45, 2.75) is 26.3 Å². The van der Waals surface area contributed by atoms with E-state index in [9.17, 15) is 13.6 Å². The van der Waals surface area contributed by atoms with E-state index in [1.165, 1.54) is 30.5 Å². The summed E-state index contributed by atoms with van der Waals surface area (Å²) in [6, 6.07) is 10.5. The molecule has 0 aliphatic rings. The molecule has 0 saturated carbocycles. The molecule has 0 radical (unpaired) electrons. The van der Waals surface area contributed by atoms with Crippen LogP contribution in [0, 0.1) is 11.6 Å². The lowest BCUT2D eigenvalue weighted by atomic mass is 10.1. The largest absolute Gasteiger partial charge is 0.449 e. The second-order valence-electron chi connectivity index (χ2n) is 7.96. The average Bonchev–Trinajstić information content (AvgIpc) is 3.37. The third kappa shape index (κ3) is 4.09. The summed E-state index contributed by atoms with van der Waals surface area (Å²) in [6.45, 7) is 6.03. The van der Waals surface area contributed by atoms with Crippen molar-refractivity contribution < 1.29 is 18.0 Å². The van der Waals surface area contributed by atoms with Crippen LogP contribution in [-0.4, -0.2) is 20.4 Å². The van der Waals surface area contributed by atoms with Crippen molar-refractivity contribution in [1.82, 2.24) is 14.5 Å². The van der Waals surface area contributed by atoms with Crippen LogP contribution in [0.1, 0.15) is 31.3 Å². The molecule has 0 atom stereocenters. The first-order valence-electron chi connectivity index (χ1n) is 9.59. The second kappa shape index (κ2) is 7.79. The zero-order valence-corrected chi connectivity index (χ0v) is 17.2. The van der Waals surface area contributed by atoms with Crippen LogP contribution >= 0.6 is 0 Å². The summed E-state index contributed by atoms with van der Waals surface area (Å²) in [4.78, 5) is 20.7. The normalized spacial score (nSPS) is 11.5. The maximum atomic E-state index is 13.8. The lowest BCUT2D eigenvalue weighted by Crippen LogP contribution is -2.21. The third-order valence-electron chi connectivity index (χ3n) is 4.69. The van der Waals surface area contributed by atoms with E-state index in [2.05, 4.69) is 15.3 Å². The second-order valence-corrected chi connectivity index (χ2v) is 7.96. The average molecular weight is 422 g/mol. The highest BCUT2D eigenvalue weighted by Crippen LogP contribution is 2.36. The molecule has 3 heterocycles. The van der Waals surface area contributed by atoms with Gasteiger partial charge >= 0.3 is 0 Å². The fraction of sp³-hybridized carbons (Fsp3) is 0.174. The summed E-state index contributed by atoms with van der Waals surface area (Å²) in [5.41, 5.74) is 1.62. The number of hydrogen-bond acceptors (Lipinski definition) is 4. The van der Waals surface area contributed by atoms with Gasteiger partial charge in [0.15, 0.2) is 17.3 Å². The molecule has 31 heavy (non-hydrogen) atoms. The number of halogens is 2. The van der Waals surface area contributed by atoms with Crippen molar-refractivity contribution in [3.8, 4) is 22.7 Å². The van der Waals surface area contributed by atoms with Crippen LogP contribution in [-0.2, 0) is 5.54 Å². The number of rotatable bonds is 4. The van der Waals surface area contributed by atoms with Crippen LogP contribution in [0.3, 0.4) is 0 Å². The van der Waals surface area contributed by atoms with Crippen LogP contribution in [0.15, 0.2) is 65.6 Å². The van der Waals surface area contributed by atoms with Crippen LogP contribution in [0.2, 0.25) is 0 Å². The standard InChI is InChI=1S/C23H20F2N4O2/c1-23(2,3)29-13-27-20(14-4-6-15(24)7-5-14)21(29)18-8-9-19(31-18)22(30)28-17-10-11-26-12-16(17)25/h4-13H,1-3H3,(H,26,28,30). The fourth-order valence-corrected chi connectivity index (χ4v) is 3.16. The number of furan rings is 1. The highest BCUT2D eigenvalue weighted by molar-refractivity contribution is 6.02. The Balaban J connectivity index is 1.74. The van der Waals surface area contributed by atoms with Gasteiger partial charge in [0.1, 0.15) is 11.5 Å². The van der Waals surface area contributed by atoms with E-state index in [0.717, 1.165) is 6.20 Å². The lowest BCUT2D eigenvalue weighted by Gasteiger charge is -2.23. The van der Waals surface area contributed by atoms with Gasteiger partial charge in [0, 0.05) is 17.3 Å². The number of anilines is 1. The van der Waals surface area contributed by atoms with Crippen molar-refractivity contribution in [1.29, 1.82) is 0 Å². The van der Waals surface area contributed by atoms with Crippen molar-refractivity contribution in [2.24, 2.45) is 0 Å². The molecule has 4 rings (SSSR count). The van der Waals surface area contributed by atoms with E-state index in [4.69, 9.17) is 4.42 Å². The molecular formula is C23H20F2N4O2. The number of benzene rings is 1. The van der Waals surface area contributed by atoms with Gasteiger partial charge in [0.2, 0.25) is 0 Å². The topological polar surface area (TPSA) is 73.0 Å². The summed E-state index contributed by atoms with van der Waals surface area (Å²) >= 11 is 0. The number of nitrogens with one attached hydrogen (secondary N) is 1. The molecule has 158 valence electrons. The van der Waals surface area contributed by atoms with Gasteiger partial charge < -0.3 is 14.3 Å². The molecule has 0 spiro atoms. The molecule has 3 aromatic heterocycles. The minimum Gasteiger partial charge on any atom is -0.449 e. The first-order chi connectivity index (χ1) is 14.7. The zero-order chi connectivity index (χ0) is 22.2. The molecule has 8 heteroatoms. The van der Waals surface area contributed by atoms with Crippen molar-refractivity contribution >= 4 is 11.6 Å². The Morgan fingerprint density at radius 3 is 2.48 bits per heavy atom. The number of carbonyl (C=O) groups is 1. The summed E-state index contributed by atoms with van der Waals surface area (Å²) < 4.78 is 35.0.